The van der Waals surface area contributed by atoms with E-state index >= 15 is 0 Å². The minimum Gasteiger partial charge on any atom is -0.491 e. The number of nitrogens with zero attached hydrogens (tertiary/aromatic N) is 4. The van der Waals surface area contributed by atoms with E-state index in [1.54, 1.807) is 33.5 Å². The van der Waals surface area contributed by atoms with Crippen molar-refractivity contribution in [2.75, 3.05) is 38.5 Å². The number of benzene rings is 1. The molecule has 0 aliphatic heterocycles. The number of hydrogen-bond donors (Lipinski definition) is 2. The lowest BCUT2D eigenvalue weighted by atomic mass is 10.1. The first-order valence-corrected chi connectivity index (χ1v) is 14.2. The maximum atomic E-state index is 13.0. The summed E-state index contributed by atoms with van der Waals surface area (Å²) in [7, 11) is 6.83. The lowest BCUT2D eigenvalue weighted by Gasteiger charge is -2.27. The predicted octanol–water partition coefficient (Wildman–Crippen LogP) is 6.06. The van der Waals surface area contributed by atoms with Crippen LogP contribution in [-0.2, 0) is 13.0 Å². The van der Waals surface area contributed by atoms with Crippen molar-refractivity contribution in [3.63, 3.8) is 0 Å². The number of thiophene rings is 1. The average Bonchev–Trinajstić information content (AvgIpc) is 3.60. The number of hydrogen-bond acceptors (Lipinski definition) is 9. The zero-order chi connectivity index (χ0) is 29.1. The molecule has 0 saturated heterocycles. The van der Waals surface area contributed by atoms with Gasteiger partial charge in [-0.1, -0.05) is 24.3 Å². The Kier molecular flexibility index (Phi) is 8.50. The number of aromatic nitrogens is 3. The number of methoxy groups -OCH3 is 2. The van der Waals surface area contributed by atoms with Crippen LogP contribution in [0.25, 0.3) is 21.3 Å². The van der Waals surface area contributed by atoms with E-state index in [9.17, 15) is 13.2 Å². The molecule has 8 nitrogen and oxygen atoms in total. The van der Waals surface area contributed by atoms with Gasteiger partial charge in [-0.2, -0.15) is 18.2 Å². The van der Waals surface area contributed by atoms with Gasteiger partial charge in [-0.05, 0) is 42.5 Å². The average molecular weight is 587 g/mol. The number of halogens is 3. The van der Waals surface area contributed by atoms with E-state index in [2.05, 4.69) is 54.8 Å². The molecule has 4 aromatic rings. The maximum Gasteiger partial charge on any atom is 0.393 e. The lowest BCUT2D eigenvalue weighted by molar-refractivity contribution is -0.126. The van der Waals surface area contributed by atoms with Gasteiger partial charge in [-0.3, -0.25) is 0 Å². The molecule has 41 heavy (non-hydrogen) atoms. The number of anilines is 2. The second-order valence-electron chi connectivity index (χ2n) is 10.1. The van der Waals surface area contributed by atoms with Gasteiger partial charge in [0.2, 0.25) is 5.95 Å². The summed E-state index contributed by atoms with van der Waals surface area (Å²) in [6, 6.07) is 12.4. The fraction of sp³-hybridized carbons (Fsp3) is 0.414. The zero-order valence-electron chi connectivity index (χ0n) is 23.4. The van der Waals surface area contributed by atoms with Crippen LogP contribution in [0.4, 0.5) is 24.9 Å². The van der Waals surface area contributed by atoms with Crippen LogP contribution < -0.4 is 25.0 Å². The summed E-state index contributed by atoms with van der Waals surface area (Å²) < 4.78 is 49.7. The highest BCUT2D eigenvalue weighted by Crippen LogP contribution is 2.37. The minimum atomic E-state index is -4.27. The molecular weight excluding hydrogens is 553 g/mol. The molecule has 1 fully saturated rings. The Bertz CT molecular complexity index is 1490. The van der Waals surface area contributed by atoms with E-state index in [4.69, 9.17) is 9.47 Å². The summed E-state index contributed by atoms with van der Waals surface area (Å²) in [4.78, 5) is 16.3. The van der Waals surface area contributed by atoms with Crippen molar-refractivity contribution in [3.8, 4) is 22.8 Å². The number of rotatable bonds is 10. The Hall–Kier alpha value is -3.64. The van der Waals surface area contributed by atoms with Gasteiger partial charge >= 0.3 is 6.18 Å². The molecule has 218 valence electrons. The van der Waals surface area contributed by atoms with E-state index in [0.717, 1.165) is 48.3 Å². The molecule has 1 aromatic carbocycles. The highest BCUT2D eigenvalue weighted by Gasteiger charge is 2.31. The summed E-state index contributed by atoms with van der Waals surface area (Å²) in [5.74, 6) is 2.10. The third-order valence-electron chi connectivity index (χ3n) is 7.42. The largest absolute Gasteiger partial charge is 0.491 e. The van der Waals surface area contributed by atoms with Crippen LogP contribution in [0, 0.1) is 0 Å². The van der Waals surface area contributed by atoms with Crippen molar-refractivity contribution < 1.29 is 22.6 Å². The molecule has 5 rings (SSSR count). The molecule has 3 heterocycles. The van der Waals surface area contributed by atoms with E-state index < -0.39 is 12.6 Å². The summed E-state index contributed by atoms with van der Waals surface area (Å²) in [6.45, 7) is 0.735. The third-order valence-corrected chi connectivity index (χ3v) is 8.45. The maximum absolute atomic E-state index is 13.0. The van der Waals surface area contributed by atoms with Gasteiger partial charge in [-0.25, -0.2) is 9.97 Å². The van der Waals surface area contributed by atoms with Crippen LogP contribution >= 0.6 is 11.3 Å². The first kappa shape index (κ1) is 28.9. The Morgan fingerprint density at radius 2 is 1.83 bits per heavy atom. The second kappa shape index (κ2) is 12.1. The molecule has 0 radical (unpaired) electrons. The molecule has 1 saturated carbocycles. The summed E-state index contributed by atoms with van der Waals surface area (Å²) in [5.41, 5.74) is 3.15. The van der Waals surface area contributed by atoms with E-state index in [1.165, 1.54) is 5.56 Å². The number of fused-ring (bicyclic) bond motifs is 1. The number of pyridine rings is 1. The van der Waals surface area contributed by atoms with Crippen molar-refractivity contribution in [1.29, 1.82) is 0 Å². The molecule has 0 amide bonds. The van der Waals surface area contributed by atoms with Crippen molar-refractivity contribution in [2.24, 2.45) is 0 Å². The number of ether oxygens (including phenoxy) is 2. The summed E-state index contributed by atoms with van der Waals surface area (Å²) >= 11 is 1.07. The van der Waals surface area contributed by atoms with Gasteiger partial charge in [0.05, 0.1) is 26.0 Å². The van der Waals surface area contributed by atoms with Gasteiger partial charge in [0, 0.05) is 49.4 Å². The minimum absolute atomic E-state index is 0.209. The number of nitrogens with one attached hydrogen (secondary N) is 2. The van der Waals surface area contributed by atoms with Crippen molar-refractivity contribution in [1.82, 2.24) is 20.3 Å². The fourth-order valence-corrected chi connectivity index (χ4v) is 6.31. The van der Waals surface area contributed by atoms with E-state index in [-0.39, 0.29) is 10.9 Å². The Labute approximate surface area is 240 Å². The van der Waals surface area contributed by atoms with Gasteiger partial charge < -0.3 is 25.0 Å². The normalized spacial score (nSPS) is 17.1. The van der Waals surface area contributed by atoms with Crippen LogP contribution in [0.15, 0.2) is 42.6 Å². The Morgan fingerprint density at radius 1 is 1.05 bits per heavy atom. The highest BCUT2D eigenvalue weighted by molar-refractivity contribution is 7.18. The molecule has 1 aliphatic rings. The summed E-state index contributed by atoms with van der Waals surface area (Å²) in [6.07, 6.45) is -0.599. The molecular formula is C29H33F3N6O2S. The van der Waals surface area contributed by atoms with Crippen LogP contribution in [0.5, 0.6) is 11.6 Å². The molecule has 1 aliphatic carbocycles. The lowest BCUT2D eigenvalue weighted by Crippen LogP contribution is -2.33. The molecule has 0 spiro atoms. The van der Waals surface area contributed by atoms with Gasteiger partial charge in [0.25, 0.3) is 5.88 Å². The standard InChI is InChI=1S/C29H33F3N6O2S/c1-33-28-36-25(23-13-22(14-29(30,31)32)41-27(23)37-28)38(2)21-10-9-20(12-21)34-15-17-5-7-18(8-6-17)19-11-24(39-3)26(40-4)35-16-19/h5-8,11,13,16,20-21,34H,9-10,12,14-15H2,1-4H3,(H,33,36,37)/t20-,21+/m0/s1. The first-order chi connectivity index (χ1) is 19.7. The quantitative estimate of drug-likeness (QED) is 0.232. The fourth-order valence-electron chi connectivity index (χ4n) is 5.26. The van der Waals surface area contributed by atoms with Crippen molar-refractivity contribution >= 4 is 33.3 Å². The van der Waals surface area contributed by atoms with E-state index in [0.29, 0.717) is 39.7 Å². The first-order valence-electron chi connectivity index (χ1n) is 13.4. The third kappa shape index (κ3) is 6.65. The SMILES string of the molecule is CNc1nc(N(C)[C@@H]2CC[C@H](NCc3ccc(-c4cnc(OC)c(OC)c4)cc3)C2)c2cc(CC(F)(F)F)sc2n1. The Balaban J connectivity index is 1.22. The molecule has 0 unspecified atom stereocenters. The molecule has 0 bridgehead atoms. The van der Waals surface area contributed by atoms with Crippen LogP contribution in [0.1, 0.15) is 29.7 Å². The summed E-state index contributed by atoms with van der Waals surface area (Å²) in [5, 5.41) is 7.28. The van der Waals surface area contributed by atoms with Gasteiger partial charge in [0.1, 0.15) is 10.6 Å². The molecule has 3 aromatic heterocycles. The monoisotopic (exact) mass is 586 g/mol. The van der Waals surface area contributed by atoms with Gasteiger partial charge in [-0.15, -0.1) is 11.3 Å². The van der Waals surface area contributed by atoms with Crippen LogP contribution in [0.3, 0.4) is 0 Å². The second-order valence-corrected chi connectivity index (χ2v) is 11.2. The van der Waals surface area contributed by atoms with Gasteiger partial charge in [0.15, 0.2) is 5.75 Å². The van der Waals surface area contributed by atoms with Crippen LogP contribution in [-0.4, -0.2) is 61.5 Å². The number of alkyl halides is 3. The topological polar surface area (TPSA) is 84.4 Å². The predicted molar refractivity (Wildman–Crippen MR) is 156 cm³/mol. The van der Waals surface area contributed by atoms with Crippen molar-refractivity contribution in [3.05, 3.63) is 53.0 Å². The molecule has 2 atom stereocenters. The van der Waals surface area contributed by atoms with Crippen LogP contribution in [0.2, 0.25) is 0 Å². The molecule has 2 N–H and O–H groups in total. The van der Waals surface area contributed by atoms with E-state index in [1.807, 2.05) is 13.1 Å². The Morgan fingerprint density at radius 3 is 2.51 bits per heavy atom. The molecule has 12 heteroatoms. The smallest absolute Gasteiger partial charge is 0.393 e. The highest BCUT2D eigenvalue weighted by atomic mass is 32.1. The zero-order valence-corrected chi connectivity index (χ0v) is 24.2. The van der Waals surface area contributed by atoms with Crippen molar-refractivity contribution in [2.45, 2.75) is 50.5 Å².